The van der Waals surface area contributed by atoms with E-state index in [9.17, 15) is 0 Å². The number of unbranched alkanes of at least 4 members (excludes halogenated alkanes) is 1. The Morgan fingerprint density at radius 3 is 3.17 bits per heavy atom. The van der Waals surface area contributed by atoms with Crippen LogP contribution in [0.15, 0.2) is 24.5 Å². The van der Waals surface area contributed by atoms with E-state index >= 15 is 0 Å². The third-order valence-electron chi connectivity index (χ3n) is 3.22. The van der Waals surface area contributed by atoms with E-state index in [-0.39, 0.29) is 0 Å². The highest BCUT2D eigenvalue weighted by Gasteiger charge is 2.09. The molecule has 0 spiro atoms. The molecule has 2 rings (SSSR count). The highest BCUT2D eigenvalue weighted by molar-refractivity contribution is 5.56. The molecule has 3 heteroatoms. The lowest BCUT2D eigenvalue weighted by molar-refractivity contribution is 0.724. The molecule has 0 aliphatic carbocycles. The monoisotopic (exact) mass is 245 g/mol. The van der Waals surface area contributed by atoms with Crippen molar-refractivity contribution in [3.05, 3.63) is 30.1 Å². The van der Waals surface area contributed by atoms with Crippen LogP contribution in [0, 0.1) is 0 Å². The van der Waals surface area contributed by atoms with Crippen LogP contribution in [-0.4, -0.2) is 31.2 Å². The Hall–Kier alpha value is -1.35. The summed E-state index contributed by atoms with van der Waals surface area (Å²) in [6, 6.07) is 2.24. The molecule has 0 aromatic carbocycles. The Bertz CT molecular complexity index is 379. The van der Waals surface area contributed by atoms with Gasteiger partial charge in [0, 0.05) is 25.8 Å². The molecule has 0 radical (unpaired) electrons. The second-order valence-electron chi connectivity index (χ2n) is 4.76. The molecular formula is C15H23N3. The zero-order chi connectivity index (χ0) is 12.6. The Morgan fingerprint density at radius 2 is 2.28 bits per heavy atom. The first-order chi connectivity index (χ1) is 8.90. The van der Waals surface area contributed by atoms with Gasteiger partial charge in [0.1, 0.15) is 0 Å². The van der Waals surface area contributed by atoms with Gasteiger partial charge in [-0.1, -0.05) is 25.5 Å². The summed E-state index contributed by atoms with van der Waals surface area (Å²) in [5, 5.41) is 3.43. The van der Waals surface area contributed by atoms with Crippen LogP contribution in [0.3, 0.4) is 0 Å². The van der Waals surface area contributed by atoms with Gasteiger partial charge in [0.15, 0.2) is 0 Å². The smallest absolute Gasteiger partial charge is 0.0559 e. The van der Waals surface area contributed by atoms with Crippen LogP contribution in [0.1, 0.15) is 31.7 Å². The van der Waals surface area contributed by atoms with Crippen molar-refractivity contribution < 1.29 is 0 Å². The van der Waals surface area contributed by atoms with E-state index in [0.29, 0.717) is 0 Å². The SMILES string of the molecule is CCCC=Cc1cncc(N2CCCNCC2)c1. The lowest BCUT2D eigenvalue weighted by Crippen LogP contribution is -2.27. The molecule has 1 fully saturated rings. The summed E-state index contributed by atoms with van der Waals surface area (Å²) in [7, 11) is 0. The first-order valence-corrected chi connectivity index (χ1v) is 6.97. The third kappa shape index (κ3) is 3.84. The molecule has 0 bridgehead atoms. The maximum atomic E-state index is 4.36. The number of pyridine rings is 1. The zero-order valence-electron chi connectivity index (χ0n) is 11.2. The molecule has 1 N–H and O–H groups in total. The van der Waals surface area contributed by atoms with E-state index in [2.05, 4.69) is 40.3 Å². The summed E-state index contributed by atoms with van der Waals surface area (Å²) in [5.74, 6) is 0. The molecule has 0 saturated carbocycles. The van der Waals surface area contributed by atoms with Crippen LogP contribution in [0.2, 0.25) is 0 Å². The van der Waals surface area contributed by atoms with Gasteiger partial charge in [-0.25, -0.2) is 0 Å². The maximum absolute atomic E-state index is 4.36. The molecular weight excluding hydrogens is 222 g/mol. The van der Waals surface area contributed by atoms with Crippen LogP contribution in [0.25, 0.3) is 6.08 Å². The van der Waals surface area contributed by atoms with Crippen molar-refractivity contribution in [2.45, 2.75) is 26.2 Å². The van der Waals surface area contributed by atoms with Crippen molar-refractivity contribution in [2.24, 2.45) is 0 Å². The molecule has 1 aliphatic rings. The average molecular weight is 245 g/mol. The van der Waals surface area contributed by atoms with Crippen LogP contribution in [0.5, 0.6) is 0 Å². The van der Waals surface area contributed by atoms with E-state index in [1.54, 1.807) is 0 Å². The van der Waals surface area contributed by atoms with Crippen LogP contribution >= 0.6 is 0 Å². The largest absolute Gasteiger partial charge is 0.369 e. The molecule has 1 aliphatic heterocycles. The van der Waals surface area contributed by atoms with Crippen molar-refractivity contribution in [3.63, 3.8) is 0 Å². The van der Waals surface area contributed by atoms with Crippen LogP contribution in [-0.2, 0) is 0 Å². The molecule has 0 unspecified atom stereocenters. The minimum atomic E-state index is 1.07. The number of rotatable bonds is 4. The number of nitrogens with one attached hydrogen (secondary N) is 1. The number of hydrogen-bond donors (Lipinski definition) is 1. The number of nitrogens with zero attached hydrogens (tertiary/aromatic N) is 2. The highest BCUT2D eigenvalue weighted by atomic mass is 15.2. The van der Waals surface area contributed by atoms with Crippen molar-refractivity contribution >= 4 is 11.8 Å². The number of anilines is 1. The lowest BCUT2D eigenvalue weighted by Gasteiger charge is -2.22. The minimum absolute atomic E-state index is 1.07. The van der Waals surface area contributed by atoms with Crippen LogP contribution < -0.4 is 10.2 Å². The lowest BCUT2D eigenvalue weighted by atomic mass is 10.2. The molecule has 2 heterocycles. The second kappa shape index (κ2) is 7.17. The first-order valence-electron chi connectivity index (χ1n) is 6.97. The second-order valence-corrected chi connectivity index (χ2v) is 4.76. The summed E-state index contributed by atoms with van der Waals surface area (Å²) in [5.41, 5.74) is 2.45. The van der Waals surface area contributed by atoms with Crippen molar-refractivity contribution in [2.75, 3.05) is 31.1 Å². The summed E-state index contributed by atoms with van der Waals surface area (Å²) in [6.45, 7) is 6.58. The predicted molar refractivity (Wildman–Crippen MR) is 77.9 cm³/mol. The van der Waals surface area contributed by atoms with Gasteiger partial charge < -0.3 is 10.2 Å². The molecule has 1 aromatic heterocycles. The van der Waals surface area contributed by atoms with Gasteiger partial charge in [-0.15, -0.1) is 0 Å². The third-order valence-corrected chi connectivity index (χ3v) is 3.22. The Labute approximate surface area is 110 Å². The predicted octanol–water partition coefficient (Wildman–Crippen LogP) is 2.69. The number of aromatic nitrogens is 1. The van der Waals surface area contributed by atoms with E-state index in [0.717, 1.165) is 32.6 Å². The van der Waals surface area contributed by atoms with Gasteiger partial charge in [-0.3, -0.25) is 4.98 Å². The molecule has 18 heavy (non-hydrogen) atoms. The zero-order valence-corrected chi connectivity index (χ0v) is 11.2. The van der Waals surface area contributed by atoms with Gasteiger partial charge in [-0.2, -0.15) is 0 Å². The van der Waals surface area contributed by atoms with Gasteiger partial charge >= 0.3 is 0 Å². The van der Waals surface area contributed by atoms with Crippen LogP contribution in [0.4, 0.5) is 5.69 Å². The summed E-state index contributed by atoms with van der Waals surface area (Å²) in [4.78, 5) is 6.78. The average Bonchev–Trinajstić information content (AvgIpc) is 2.68. The Kier molecular flexibility index (Phi) is 5.21. The fourth-order valence-electron chi connectivity index (χ4n) is 2.20. The highest BCUT2D eigenvalue weighted by Crippen LogP contribution is 2.16. The van der Waals surface area contributed by atoms with Crippen molar-refractivity contribution in [1.29, 1.82) is 0 Å². The van der Waals surface area contributed by atoms with E-state index < -0.39 is 0 Å². The maximum Gasteiger partial charge on any atom is 0.0559 e. The Morgan fingerprint density at radius 1 is 1.33 bits per heavy atom. The van der Waals surface area contributed by atoms with E-state index in [4.69, 9.17) is 0 Å². The van der Waals surface area contributed by atoms with Gasteiger partial charge in [0.05, 0.1) is 11.9 Å². The van der Waals surface area contributed by atoms with Crippen molar-refractivity contribution in [3.8, 4) is 0 Å². The molecule has 0 atom stereocenters. The minimum Gasteiger partial charge on any atom is -0.369 e. The topological polar surface area (TPSA) is 28.2 Å². The summed E-state index contributed by atoms with van der Waals surface area (Å²) >= 11 is 0. The quantitative estimate of drug-likeness (QED) is 0.884. The number of hydrogen-bond acceptors (Lipinski definition) is 3. The molecule has 0 amide bonds. The number of allylic oxidation sites excluding steroid dienone is 1. The molecule has 1 aromatic rings. The molecule has 1 saturated heterocycles. The fourth-order valence-corrected chi connectivity index (χ4v) is 2.20. The molecule has 98 valence electrons. The fraction of sp³-hybridized carbons (Fsp3) is 0.533. The first kappa shape index (κ1) is 13.1. The van der Waals surface area contributed by atoms with Gasteiger partial charge in [0.2, 0.25) is 0 Å². The molecule has 3 nitrogen and oxygen atoms in total. The van der Waals surface area contributed by atoms with Gasteiger partial charge in [-0.05, 0) is 31.0 Å². The summed E-state index contributed by atoms with van der Waals surface area (Å²) in [6.07, 6.45) is 11.9. The van der Waals surface area contributed by atoms with E-state index in [1.165, 1.54) is 24.1 Å². The standard InChI is InChI=1S/C15H23N3/c1-2-3-4-6-14-11-15(13-17-12-14)18-9-5-7-16-8-10-18/h4,6,11-13,16H,2-3,5,7-10H2,1H3. The summed E-state index contributed by atoms with van der Waals surface area (Å²) < 4.78 is 0. The van der Waals surface area contributed by atoms with Gasteiger partial charge in [0.25, 0.3) is 0 Å². The Balaban J connectivity index is 2.05. The van der Waals surface area contributed by atoms with Crippen molar-refractivity contribution in [1.82, 2.24) is 10.3 Å². The normalized spacial score (nSPS) is 17.1. The van der Waals surface area contributed by atoms with E-state index in [1.807, 2.05) is 12.4 Å².